The second-order valence-electron chi connectivity index (χ2n) is 6.43. The van der Waals surface area contributed by atoms with E-state index in [1.807, 2.05) is 6.92 Å². The molecule has 0 amide bonds. The highest BCUT2D eigenvalue weighted by molar-refractivity contribution is 6.01. The van der Waals surface area contributed by atoms with E-state index in [1.54, 1.807) is 12.1 Å². The summed E-state index contributed by atoms with van der Waals surface area (Å²) >= 11 is 0. The van der Waals surface area contributed by atoms with Crippen molar-refractivity contribution in [3.8, 4) is 0 Å². The molecule has 1 aromatic rings. The Morgan fingerprint density at radius 1 is 1.38 bits per heavy atom. The predicted octanol–water partition coefficient (Wildman–Crippen LogP) is 2.64. The molecular formula is C18H23FN2O3. The smallest absolute Gasteiger partial charge is 0.312 e. The molecule has 0 saturated carbocycles. The third-order valence-corrected chi connectivity index (χ3v) is 4.80. The van der Waals surface area contributed by atoms with Gasteiger partial charge < -0.3 is 14.9 Å². The summed E-state index contributed by atoms with van der Waals surface area (Å²) in [7, 11) is 0. The van der Waals surface area contributed by atoms with Gasteiger partial charge in [0.15, 0.2) is 0 Å². The molecule has 0 bridgehead atoms. The molecule has 3 rings (SSSR count). The largest absolute Gasteiger partial charge is 0.466 e. The molecule has 1 saturated heterocycles. The molecule has 2 aliphatic rings. The Hall–Kier alpha value is -1.95. The highest BCUT2D eigenvalue weighted by atomic mass is 19.1. The van der Waals surface area contributed by atoms with E-state index >= 15 is 0 Å². The second-order valence-corrected chi connectivity index (χ2v) is 6.43. The number of piperidine rings is 1. The van der Waals surface area contributed by atoms with Gasteiger partial charge in [-0.1, -0.05) is 17.3 Å². The number of rotatable bonds is 5. The lowest BCUT2D eigenvalue weighted by molar-refractivity contribution is -0.160. The highest BCUT2D eigenvalue weighted by Crippen LogP contribution is 2.38. The zero-order valence-electron chi connectivity index (χ0n) is 13.9. The lowest BCUT2D eigenvalue weighted by Crippen LogP contribution is -2.45. The van der Waals surface area contributed by atoms with Gasteiger partial charge in [-0.3, -0.25) is 4.79 Å². The summed E-state index contributed by atoms with van der Waals surface area (Å²) in [5, 5.41) is 7.43. The number of carbonyl (C=O) groups excluding carboxylic acids is 1. The van der Waals surface area contributed by atoms with Gasteiger partial charge >= 0.3 is 5.97 Å². The standard InChI is InChI=1S/C18H23FN2O3/c1-2-23-17(22)18(7-9-20-10-8-18)12-15-11-16(21-24-15)13-3-5-14(19)6-4-13/h3-6,15,20H,2,7-12H2,1H3/t15-/m1/s1. The summed E-state index contributed by atoms with van der Waals surface area (Å²) in [6.45, 7) is 3.82. The Bertz CT molecular complexity index is 609. The Morgan fingerprint density at radius 3 is 2.75 bits per heavy atom. The molecule has 1 N–H and O–H groups in total. The SMILES string of the molecule is CCOC(=O)C1(C[C@H]2CC(c3ccc(F)cc3)=NO2)CCNCC1. The summed E-state index contributed by atoms with van der Waals surface area (Å²) in [6, 6.07) is 6.23. The predicted molar refractivity (Wildman–Crippen MR) is 88.2 cm³/mol. The van der Waals surface area contributed by atoms with Crippen LogP contribution in [0.25, 0.3) is 0 Å². The van der Waals surface area contributed by atoms with Crippen molar-refractivity contribution in [1.82, 2.24) is 5.32 Å². The molecule has 0 unspecified atom stereocenters. The zero-order valence-corrected chi connectivity index (χ0v) is 13.9. The van der Waals surface area contributed by atoms with Crippen molar-refractivity contribution in [2.75, 3.05) is 19.7 Å². The highest BCUT2D eigenvalue weighted by Gasteiger charge is 2.44. The third kappa shape index (κ3) is 3.59. The van der Waals surface area contributed by atoms with Crippen LogP contribution in [0, 0.1) is 11.2 Å². The van der Waals surface area contributed by atoms with Crippen molar-refractivity contribution in [3.05, 3.63) is 35.6 Å². The first-order valence-electron chi connectivity index (χ1n) is 8.49. The summed E-state index contributed by atoms with van der Waals surface area (Å²) in [5.74, 6) is -0.406. The monoisotopic (exact) mass is 334 g/mol. The van der Waals surface area contributed by atoms with Gasteiger partial charge in [0.25, 0.3) is 0 Å². The molecule has 1 aromatic carbocycles. The van der Waals surface area contributed by atoms with E-state index in [0.717, 1.165) is 37.2 Å². The van der Waals surface area contributed by atoms with E-state index in [1.165, 1.54) is 12.1 Å². The van der Waals surface area contributed by atoms with Crippen LogP contribution in [0.5, 0.6) is 0 Å². The minimum atomic E-state index is -0.500. The normalized spacial score (nSPS) is 22.6. The molecule has 0 spiro atoms. The first kappa shape index (κ1) is 16.9. The number of hydrogen-bond acceptors (Lipinski definition) is 5. The van der Waals surface area contributed by atoms with Gasteiger partial charge in [-0.2, -0.15) is 0 Å². The number of nitrogens with zero attached hydrogens (tertiary/aromatic N) is 1. The van der Waals surface area contributed by atoms with Crippen LogP contribution in [0.2, 0.25) is 0 Å². The minimum Gasteiger partial charge on any atom is -0.466 e. The van der Waals surface area contributed by atoms with E-state index in [-0.39, 0.29) is 17.9 Å². The van der Waals surface area contributed by atoms with Crippen LogP contribution in [-0.4, -0.2) is 37.5 Å². The fourth-order valence-electron chi connectivity index (χ4n) is 3.47. The molecule has 2 aliphatic heterocycles. The Morgan fingerprint density at radius 2 is 2.08 bits per heavy atom. The molecule has 5 nitrogen and oxygen atoms in total. The number of hydrogen-bond donors (Lipinski definition) is 1. The number of halogens is 1. The van der Waals surface area contributed by atoms with E-state index < -0.39 is 5.41 Å². The lowest BCUT2D eigenvalue weighted by Gasteiger charge is -2.36. The van der Waals surface area contributed by atoms with Gasteiger partial charge in [0, 0.05) is 12.8 Å². The molecule has 24 heavy (non-hydrogen) atoms. The maximum atomic E-state index is 13.0. The molecule has 130 valence electrons. The molecule has 6 heteroatoms. The Balaban J connectivity index is 1.66. The molecular weight excluding hydrogens is 311 g/mol. The maximum absolute atomic E-state index is 13.0. The maximum Gasteiger partial charge on any atom is 0.312 e. The van der Waals surface area contributed by atoms with Gasteiger partial charge in [-0.15, -0.1) is 0 Å². The van der Waals surface area contributed by atoms with Gasteiger partial charge in [0.05, 0.1) is 17.7 Å². The molecule has 0 aromatic heterocycles. The topological polar surface area (TPSA) is 59.9 Å². The van der Waals surface area contributed by atoms with Gasteiger partial charge in [-0.25, -0.2) is 4.39 Å². The summed E-state index contributed by atoms with van der Waals surface area (Å²) in [6.07, 6.45) is 2.57. The molecule has 0 aliphatic carbocycles. The first-order chi connectivity index (χ1) is 11.6. The van der Waals surface area contributed by atoms with E-state index in [0.29, 0.717) is 19.4 Å². The fourth-order valence-corrected chi connectivity index (χ4v) is 3.47. The van der Waals surface area contributed by atoms with Crippen molar-refractivity contribution < 1.29 is 18.8 Å². The Labute approximate surface area is 141 Å². The van der Waals surface area contributed by atoms with Crippen LogP contribution >= 0.6 is 0 Å². The van der Waals surface area contributed by atoms with Crippen molar-refractivity contribution in [1.29, 1.82) is 0 Å². The van der Waals surface area contributed by atoms with Crippen LogP contribution in [0.3, 0.4) is 0 Å². The van der Waals surface area contributed by atoms with Gasteiger partial charge in [0.1, 0.15) is 11.9 Å². The minimum absolute atomic E-state index is 0.134. The second kappa shape index (κ2) is 7.30. The summed E-state index contributed by atoms with van der Waals surface area (Å²) in [5.41, 5.74) is 1.15. The van der Waals surface area contributed by atoms with Crippen molar-refractivity contribution in [3.63, 3.8) is 0 Å². The number of ether oxygens (including phenoxy) is 1. The number of oxime groups is 1. The number of nitrogens with one attached hydrogen (secondary N) is 1. The van der Waals surface area contributed by atoms with Gasteiger partial charge in [0.2, 0.25) is 0 Å². The van der Waals surface area contributed by atoms with Crippen LogP contribution in [0.4, 0.5) is 4.39 Å². The zero-order chi connectivity index (χ0) is 17.0. The van der Waals surface area contributed by atoms with Crippen LogP contribution in [0.15, 0.2) is 29.4 Å². The molecule has 1 fully saturated rings. The summed E-state index contributed by atoms with van der Waals surface area (Å²) < 4.78 is 18.4. The molecule has 0 radical (unpaired) electrons. The van der Waals surface area contributed by atoms with Crippen LogP contribution < -0.4 is 5.32 Å². The average molecular weight is 334 g/mol. The molecule has 1 atom stereocenters. The third-order valence-electron chi connectivity index (χ3n) is 4.80. The van der Waals surface area contributed by atoms with E-state index in [2.05, 4.69) is 10.5 Å². The van der Waals surface area contributed by atoms with Crippen molar-refractivity contribution >= 4 is 11.7 Å². The Kier molecular flexibility index (Phi) is 5.14. The number of esters is 1. The van der Waals surface area contributed by atoms with Crippen molar-refractivity contribution in [2.45, 2.75) is 38.7 Å². The molecule has 2 heterocycles. The van der Waals surface area contributed by atoms with Crippen molar-refractivity contribution in [2.24, 2.45) is 10.6 Å². The lowest BCUT2D eigenvalue weighted by atomic mass is 9.74. The average Bonchev–Trinajstić information content (AvgIpc) is 3.05. The quantitative estimate of drug-likeness (QED) is 0.841. The fraction of sp³-hybridized carbons (Fsp3) is 0.556. The van der Waals surface area contributed by atoms with Crippen LogP contribution in [0.1, 0.15) is 38.2 Å². The van der Waals surface area contributed by atoms with E-state index in [4.69, 9.17) is 9.57 Å². The van der Waals surface area contributed by atoms with Gasteiger partial charge in [-0.05, 0) is 50.6 Å². The van der Waals surface area contributed by atoms with E-state index in [9.17, 15) is 9.18 Å². The van der Waals surface area contributed by atoms with Crippen LogP contribution in [-0.2, 0) is 14.4 Å². The first-order valence-corrected chi connectivity index (χ1v) is 8.49. The summed E-state index contributed by atoms with van der Waals surface area (Å²) in [4.78, 5) is 18.1. The number of carbonyl (C=O) groups is 1. The number of benzene rings is 1.